The standard InChI is InChI=1S/C18H12ClN5S/c19-14-6-2-1-5-13(14)16-8-15-17(25-16)18(22-11-21-15)24-23-10-12-4-3-7-20-9-12/h1-11H,(H,21,22,24). The maximum atomic E-state index is 6.30. The van der Waals surface area contributed by atoms with E-state index in [9.17, 15) is 0 Å². The molecular weight excluding hydrogens is 354 g/mol. The molecule has 0 amide bonds. The van der Waals surface area contributed by atoms with Gasteiger partial charge >= 0.3 is 0 Å². The first-order valence-electron chi connectivity index (χ1n) is 7.50. The number of nitrogens with zero attached hydrogens (tertiary/aromatic N) is 4. The highest BCUT2D eigenvalue weighted by Gasteiger charge is 2.11. The first kappa shape index (κ1) is 15.7. The molecule has 0 aliphatic rings. The van der Waals surface area contributed by atoms with Crippen molar-refractivity contribution in [2.75, 3.05) is 5.43 Å². The molecule has 0 aliphatic carbocycles. The minimum atomic E-state index is 0.661. The fourth-order valence-electron chi connectivity index (χ4n) is 2.35. The fraction of sp³-hybridized carbons (Fsp3) is 0. The van der Waals surface area contributed by atoms with Crippen molar-refractivity contribution in [3.8, 4) is 10.4 Å². The smallest absolute Gasteiger partial charge is 0.167 e. The van der Waals surface area contributed by atoms with Crippen molar-refractivity contribution in [1.82, 2.24) is 15.0 Å². The number of halogens is 1. The zero-order valence-electron chi connectivity index (χ0n) is 12.9. The Morgan fingerprint density at radius 1 is 1.12 bits per heavy atom. The van der Waals surface area contributed by atoms with Gasteiger partial charge in [-0.25, -0.2) is 9.97 Å². The van der Waals surface area contributed by atoms with Crippen LogP contribution in [0.3, 0.4) is 0 Å². The molecule has 0 aliphatic heterocycles. The van der Waals surface area contributed by atoms with Gasteiger partial charge in [0.2, 0.25) is 0 Å². The molecule has 0 unspecified atom stereocenters. The molecular formula is C18H12ClN5S. The van der Waals surface area contributed by atoms with E-state index in [1.807, 2.05) is 42.5 Å². The zero-order chi connectivity index (χ0) is 17.1. The molecule has 5 nitrogen and oxygen atoms in total. The second-order valence-corrected chi connectivity index (χ2v) is 6.64. The van der Waals surface area contributed by atoms with Crippen molar-refractivity contribution >= 4 is 45.2 Å². The molecule has 3 aromatic heterocycles. The summed E-state index contributed by atoms with van der Waals surface area (Å²) in [7, 11) is 0. The van der Waals surface area contributed by atoms with E-state index in [0.717, 1.165) is 26.2 Å². The molecule has 4 rings (SSSR count). The zero-order valence-corrected chi connectivity index (χ0v) is 14.5. The van der Waals surface area contributed by atoms with Crippen LogP contribution in [0.4, 0.5) is 5.82 Å². The van der Waals surface area contributed by atoms with Gasteiger partial charge in [-0.15, -0.1) is 11.3 Å². The minimum Gasteiger partial charge on any atom is -0.264 e. The molecule has 7 heteroatoms. The first-order chi connectivity index (χ1) is 12.3. The SMILES string of the molecule is Clc1ccccc1-c1cc2ncnc(NN=Cc3cccnc3)c2s1. The molecule has 1 N–H and O–H groups in total. The van der Waals surface area contributed by atoms with E-state index < -0.39 is 0 Å². The second-order valence-electron chi connectivity index (χ2n) is 5.18. The Morgan fingerprint density at radius 2 is 2.04 bits per heavy atom. The molecule has 3 heterocycles. The third kappa shape index (κ3) is 3.35. The van der Waals surface area contributed by atoms with E-state index in [0.29, 0.717) is 10.8 Å². The van der Waals surface area contributed by atoms with Crippen molar-refractivity contribution in [2.45, 2.75) is 0 Å². The van der Waals surface area contributed by atoms with Crippen LogP contribution in [0.1, 0.15) is 5.56 Å². The first-order valence-corrected chi connectivity index (χ1v) is 8.69. The molecule has 4 aromatic rings. The highest BCUT2D eigenvalue weighted by atomic mass is 35.5. The molecule has 0 atom stereocenters. The summed E-state index contributed by atoms with van der Waals surface area (Å²) < 4.78 is 0.931. The molecule has 0 radical (unpaired) electrons. The molecule has 1 aromatic carbocycles. The summed E-state index contributed by atoms with van der Waals surface area (Å²) in [6, 6.07) is 13.6. The third-order valence-corrected chi connectivity index (χ3v) is 5.01. The van der Waals surface area contributed by atoms with Crippen LogP contribution in [0, 0.1) is 0 Å². The summed E-state index contributed by atoms with van der Waals surface area (Å²) in [4.78, 5) is 13.7. The number of thiophene rings is 1. The van der Waals surface area contributed by atoms with Crippen LogP contribution in [-0.4, -0.2) is 21.2 Å². The number of hydrogen-bond acceptors (Lipinski definition) is 6. The number of fused-ring (bicyclic) bond motifs is 1. The van der Waals surface area contributed by atoms with Gasteiger partial charge in [-0.1, -0.05) is 35.9 Å². The number of aromatic nitrogens is 3. The lowest BCUT2D eigenvalue weighted by atomic mass is 10.2. The Morgan fingerprint density at radius 3 is 2.88 bits per heavy atom. The molecule has 0 saturated heterocycles. The van der Waals surface area contributed by atoms with Crippen LogP contribution < -0.4 is 5.43 Å². The van der Waals surface area contributed by atoms with Crippen molar-refractivity contribution in [3.63, 3.8) is 0 Å². The van der Waals surface area contributed by atoms with E-state index in [1.54, 1.807) is 29.9 Å². The van der Waals surface area contributed by atoms with E-state index in [4.69, 9.17) is 11.6 Å². The van der Waals surface area contributed by atoms with Gasteiger partial charge in [-0.2, -0.15) is 5.10 Å². The number of hydrazone groups is 1. The second kappa shape index (κ2) is 6.96. The van der Waals surface area contributed by atoms with Gasteiger partial charge in [0, 0.05) is 33.4 Å². The quantitative estimate of drug-likeness (QED) is 0.414. The maximum Gasteiger partial charge on any atom is 0.167 e. The largest absolute Gasteiger partial charge is 0.264 e. The third-order valence-electron chi connectivity index (χ3n) is 3.52. The van der Waals surface area contributed by atoms with E-state index in [1.165, 1.54) is 6.33 Å². The van der Waals surface area contributed by atoms with E-state index in [-0.39, 0.29) is 0 Å². The summed E-state index contributed by atoms with van der Waals surface area (Å²) in [5.74, 6) is 0.661. The summed E-state index contributed by atoms with van der Waals surface area (Å²) in [6.07, 6.45) is 6.68. The topological polar surface area (TPSA) is 63.1 Å². The summed E-state index contributed by atoms with van der Waals surface area (Å²) >= 11 is 7.88. The van der Waals surface area contributed by atoms with Crippen LogP contribution in [0.15, 0.2) is 66.3 Å². The lowest BCUT2D eigenvalue weighted by Crippen LogP contribution is -1.94. The van der Waals surface area contributed by atoms with Crippen LogP contribution >= 0.6 is 22.9 Å². The Hall–Kier alpha value is -2.83. The fourth-order valence-corrected chi connectivity index (χ4v) is 3.73. The van der Waals surface area contributed by atoms with Crippen LogP contribution in [0.25, 0.3) is 20.7 Å². The van der Waals surface area contributed by atoms with Gasteiger partial charge in [0.15, 0.2) is 5.82 Å². The average Bonchev–Trinajstić information content (AvgIpc) is 3.08. The Labute approximate surface area is 153 Å². The Kier molecular flexibility index (Phi) is 4.37. The molecule has 0 saturated carbocycles. The van der Waals surface area contributed by atoms with Crippen LogP contribution in [-0.2, 0) is 0 Å². The Bertz CT molecular complexity index is 1050. The van der Waals surface area contributed by atoms with Gasteiger partial charge < -0.3 is 0 Å². The van der Waals surface area contributed by atoms with Gasteiger partial charge in [-0.3, -0.25) is 10.4 Å². The molecule has 122 valence electrons. The molecule has 0 spiro atoms. The van der Waals surface area contributed by atoms with Crippen molar-refractivity contribution < 1.29 is 0 Å². The van der Waals surface area contributed by atoms with Crippen molar-refractivity contribution in [1.29, 1.82) is 0 Å². The van der Waals surface area contributed by atoms with Gasteiger partial charge in [-0.05, 0) is 18.2 Å². The van der Waals surface area contributed by atoms with Gasteiger partial charge in [0.25, 0.3) is 0 Å². The summed E-state index contributed by atoms with van der Waals surface area (Å²) in [5.41, 5.74) is 5.73. The number of nitrogens with one attached hydrogen (secondary N) is 1. The Balaban J connectivity index is 1.66. The number of pyridine rings is 1. The average molecular weight is 366 g/mol. The minimum absolute atomic E-state index is 0.661. The highest BCUT2D eigenvalue weighted by molar-refractivity contribution is 7.22. The van der Waals surface area contributed by atoms with Gasteiger partial charge in [0.05, 0.1) is 16.4 Å². The summed E-state index contributed by atoms with van der Waals surface area (Å²) in [5, 5.41) is 4.95. The van der Waals surface area contributed by atoms with Crippen molar-refractivity contribution in [2.24, 2.45) is 5.10 Å². The van der Waals surface area contributed by atoms with Crippen LogP contribution in [0.2, 0.25) is 5.02 Å². The molecule has 25 heavy (non-hydrogen) atoms. The number of hydrogen-bond donors (Lipinski definition) is 1. The van der Waals surface area contributed by atoms with Gasteiger partial charge in [0.1, 0.15) is 6.33 Å². The lowest BCUT2D eigenvalue weighted by molar-refractivity contribution is 1.19. The summed E-state index contributed by atoms with van der Waals surface area (Å²) in [6.45, 7) is 0. The number of rotatable bonds is 4. The predicted octanol–water partition coefficient (Wildman–Crippen LogP) is 4.85. The van der Waals surface area contributed by atoms with E-state index >= 15 is 0 Å². The number of anilines is 1. The number of benzene rings is 1. The molecule has 0 bridgehead atoms. The normalized spacial score (nSPS) is 11.2. The highest BCUT2D eigenvalue weighted by Crippen LogP contribution is 2.38. The predicted molar refractivity (Wildman–Crippen MR) is 103 cm³/mol. The van der Waals surface area contributed by atoms with Crippen LogP contribution in [0.5, 0.6) is 0 Å². The maximum absolute atomic E-state index is 6.30. The van der Waals surface area contributed by atoms with E-state index in [2.05, 4.69) is 25.5 Å². The monoisotopic (exact) mass is 365 g/mol. The lowest BCUT2D eigenvalue weighted by Gasteiger charge is -2.00. The molecule has 0 fully saturated rings. The van der Waals surface area contributed by atoms with Crippen molar-refractivity contribution in [3.05, 3.63) is 71.8 Å².